The first-order valence-corrected chi connectivity index (χ1v) is 9.56. The predicted octanol–water partition coefficient (Wildman–Crippen LogP) is 2.90. The van der Waals surface area contributed by atoms with Gasteiger partial charge >= 0.3 is 5.97 Å². The van der Waals surface area contributed by atoms with E-state index < -0.39 is 16.0 Å². The summed E-state index contributed by atoms with van der Waals surface area (Å²) in [6.45, 7) is 1.45. The summed E-state index contributed by atoms with van der Waals surface area (Å²) >= 11 is 0. The summed E-state index contributed by atoms with van der Waals surface area (Å²) in [6.07, 6.45) is 1.61. The van der Waals surface area contributed by atoms with Crippen LogP contribution in [0.3, 0.4) is 0 Å². The van der Waals surface area contributed by atoms with Crippen molar-refractivity contribution in [1.82, 2.24) is 4.98 Å². The molecule has 0 bridgehead atoms. The lowest BCUT2D eigenvalue weighted by molar-refractivity contribution is -0.142. The first-order chi connectivity index (χ1) is 12.9. The van der Waals surface area contributed by atoms with Crippen LogP contribution < -0.4 is 9.46 Å². The van der Waals surface area contributed by atoms with Crippen LogP contribution in [0.4, 0.5) is 5.69 Å². The number of ether oxygens (including phenoxy) is 2. The molecule has 0 saturated carbocycles. The molecular weight excluding hydrogens is 368 g/mol. The third-order valence-corrected chi connectivity index (χ3v) is 5.27. The standard InChI is InChI=1S/C19H18N2O5S/c1-13-11-15(8-9-17(13)26-12-18(22)25-2)27(23,24)21-16-7-3-5-14-6-4-10-20-19(14)16/h3-11,21H,12H2,1-2H3. The molecule has 1 N–H and O–H groups in total. The molecular formula is C19H18N2O5S. The van der Waals surface area contributed by atoms with Crippen LogP contribution in [0, 0.1) is 6.92 Å². The third kappa shape index (κ3) is 4.17. The Bertz CT molecular complexity index is 1090. The van der Waals surface area contributed by atoms with Gasteiger partial charge in [0, 0.05) is 11.6 Å². The fourth-order valence-corrected chi connectivity index (χ4v) is 3.69. The molecule has 0 unspecified atom stereocenters. The Morgan fingerprint density at radius 1 is 1.15 bits per heavy atom. The van der Waals surface area contributed by atoms with Gasteiger partial charge in [0.25, 0.3) is 10.0 Å². The zero-order chi connectivity index (χ0) is 19.4. The first-order valence-electron chi connectivity index (χ1n) is 8.07. The molecule has 1 heterocycles. The van der Waals surface area contributed by atoms with Crippen LogP contribution in [0.5, 0.6) is 5.75 Å². The molecule has 2 aromatic carbocycles. The first kappa shape index (κ1) is 18.7. The number of fused-ring (bicyclic) bond motifs is 1. The molecule has 3 aromatic rings. The fraction of sp³-hybridized carbons (Fsp3) is 0.158. The molecule has 0 aliphatic carbocycles. The number of esters is 1. The summed E-state index contributed by atoms with van der Waals surface area (Å²) < 4.78 is 38.0. The van der Waals surface area contributed by atoms with Crippen LogP contribution >= 0.6 is 0 Å². The number of carbonyl (C=O) groups is 1. The second kappa shape index (κ2) is 7.63. The lowest BCUT2D eigenvalue weighted by Crippen LogP contribution is -2.15. The molecule has 0 saturated heterocycles. The zero-order valence-corrected chi connectivity index (χ0v) is 15.6. The molecule has 3 rings (SSSR count). The van der Waals surface area contributed by atoms with E-state index >= 15 is 0 Å². The number of nitrogens with zero attached hydrogens (tertiary/aromatic N) is 1. The van der Waals surface area contributed by atoms with E-state index in [1.165, 1.54) is 25.3 Å². The van der Waals surface area contributed by atoms with Gasteiger partial charge in [-0.3, -0.25) is 9.71 Å². The number of aromatic nitrogens is 1. The molecule has 1 aromatic heterocycles. The van der Waals surface area contributed by atoms with Gasteiger partial charge in [-0.25, -0.2) is 13.2 Å². The molecule has 8 heteroatoms. The number of para-hydroxylation sites is 1. The van der Waals surface area contributed by atoms with Gasteiger partial charge in [-0.15, -0.1) is 0 Å². The Morgan fingerprint density at radius 3 is 2.67 bits per heavy atom. The van der Waals surface area contributed by atoms with Crippen LogP contribution in [-0.2, 0) is 19.6 Å². The normalized spacial score (nSPS) is 11.2. The van der Waals surface area contributed by atoms with Gasteiger partial charge < -0.3 is 9.47 Å². The van der Waals surface area contributed by atoms with Crippen molar-refractivity contribution in [3.05, 3.63) is 60.3 Å². The number of rotatable bonds is 6. The molecule has 0 aliphatic heterocycles. The van der Waals surface area contributed by atoms with Crippen LogP contribution in [0.2, 0.25) is 0 Å². The highest BCUT2D eigenvalue weighted by molar-refractivity contribution is 7.92. The van der Waals surface area contributed by atoms with Crippen molar-refractivity contribution in [2.45, 2.75) is 11.8 Å². The lowest BCUT2D eigenvalue weighted by Gasteiger charge is -2.12. The SMILES string of the molecule is COC(=O)COc1ccc(S(=O)(=O)Nc2cccc3cccnc23)cc1C. The number of sulfonamides is 1. The third-order valence-electron chi connectivity index (χ3n) is 3.91. The quantitative estimate of drug-likeness (QED) is 0.655. The maximum absolute atomic E-state index is 12.8. The van der Waals surface area contributed by atoms with Crippen LogP contribution in [0.25, 0.3) is 10.9 Å². The van der Waals surface area contributed by atoms with Gasteiger partial charge in [0.2, 0.25) is 0 Å². The average molecular weight is 386 g/mol. The van der Waals surface area contributed by atoms with Crippen molar-refractivity contribution in [1.29, 1.82) is 0 Å². The van der Waals surface area contributed by atoms with Crippen molar-refractivity contribution in [3.8, 4) is 5.75 Å². The van der Waals surface area contributed by atoms with Crippen LogP contribution in [-0.4, -0.2) is 33.1 Å². The highest BCUT2D eigenvalue weighted by Gasteiger charge is 2.17. The summed E-state index contributed by atoms with van der Waals surface area (Å²) in [5.41, 5.74) is 1.55. The van der Waals surface area contributed by atoms with Crippen LogP contribution in [0.1, 0.15) is 5.56 Å². The van der Waals surface area contributed by atoms with Gasteiger partial charge in [0.1, 0.15) is 5.75 Å². The zero-order valence-electron chi connectivity index (χ0n) is 14.8. The predicted molar refractivity (Wildman–Crippen MR) is 101 cm³/mol. The van der Waals surface area contributed by atoms with Crippen molar-refractivity contribution < 1.29 is 22.7 Å². The fourth-order valence-electron chi connectivity index (χ4n) is 2.54. The van der Waals surface area contributed by atoms with Crippen molar-refractivity contribution in [3.63, 3.8) is 0 Å². The molecule has 0 aliphatic rings. The smallest absolute Gasteiger partial charge is 0.343 e. The summed E-state index contributed by atoms with van der Waals surface area (Å²) in [6, 6.07) is 13.3. The summed E-state index contributed by atoms with van der Waals surface area (Å²) in [5, 5.41) is 0.834. The number of hydrogen-bond acceptors (Lipinski definition) is 6. The number of pyridine rings is 1. The Labute approximate surface area is 157 Å². The van der Waals surface area contributed by atoms with Gasteiger partial charge in [-0.05, 0) is 42.8 Å². The van der Waals surface area contributed by atoms with Gasteiger partial charge in [-0.1, -0.05) is 18.2 Å². The molecule has 0 fully saturated rings. The van der Waals surface area contributed by atoms with E-state index in [1.807, 2.05) is 12.1 Å². The topological polar surface area (TPSA) is 94.6 Å². The minimum Gasteiger partial charge on any atom is -0.482 e. The van der Waals surface area contributed by atoms with Crippen molar-refractivity contribution >= 4 is 32.6 Å². The number of aryl methyl sites for hydroxylation is 1. The van der Waals surface area contributed by atoms with Crippen molar-refractivity contribution in [2.75, 3.05) is 18.4 Å². The molecule has 0 atom stereocenters. The molecule has 27 heavy (non-hydrogen) atoms. The molecule has 140 valence electrons. The monoisotopic (exact) mass is 386 g/mol. The second-order valence-corrected chi connectivity index (χ2v) is 7.46. The Hall–Kier alpha value is -3.13. The van der Waals surface area contributed by atoms with Gasteiger partial charge in [-0.2, -0.15) is 0 Å². The average Bonchev–Trinajstić information content (AvgIpc) is 2.66. The highest BCUT2D eigenvalue weighted by Crippen LogP contribution is 2.26. The van der Waals surface area contributed by atoms with Gasteiger partial charge in [0.05, 0.1) is 23.2 Å². The lowest BCUT2D eigenvalue weighted by atomic mass is 10.2. The molecule has 0 amide bonds. The van der Waals surface area contributed by atoms with E-state index in [-0.39, 0.29) is 11.5 Å². The van der Waals surface area contributed by atoms with E-state index in [1.54, 1.807) is 31.3 Å². The van der Waals surface area contributed by atoms with Gasteiger partial charge in [0.15, 0.2) is 6.61 Å². The van der Waals surface area contributed by atoms with Crippen LogP contribution in [0.15, 0.2) is 59.6 Å². The van der Waals surface area contributed by atoms with E-state index in [4.69, 9.17) is 4.74 Å². The number of methoxy groups -OCH3 is 1. The number of anilines is 1. The molecule has 7 nitrogen and oxygen atoms in total. The summed E-state index contributed by atoms with van der Waals surface area (Å²) in [7, 11) is -2.55. The summed E-state index contributed by atoms with van der Waals surface area (Å²) in [4.78, 5) is 15.5. The summed E-state index contributed by atoms with van der Waals surface area (Å²) in [5.74, 6) is -0.109. The Morgan fingerprint density at radius 2 is 1.93 bits per heavy atom. The molecule has 0 radical (unpaired) electrons. The minimum atomic E-state index is -3.82. The highest BCUT2D eigenvalue weighted by atomic mass is 32.2. The Balaban J connectivity index is 1.86. The largest absolute Gasteiger partial charge is 0.482 e. The van der Waals surface area contributed by atoms with Crippen molar-refractivity contribution in [2.24, 2.45) is 0 Å². The number of nitrogens with one attached hydrogen (secondary N) is 1. The maximum Gasteiger partial charge on any atom is 0.343 e. The Kier molecular flexibility index (Phi) is 5.27. The number of hydrogen-bond donors (Lipinski definition) is 1. The van der Waals surface area contributed by atoms with E-state index in [2.05, 4.69) is 14.4 Å². The number of benzene rings is 2. The minimum absolute atomic E-state index is 0.0818. The molecule has 0 spiro atoms. The van der Waals surface area contributed by atoms with E-state index in [0.717, 1.165) is 5.39 Å². The van der Waals surface area contributed by atoms with E-state index in [9.17, 15) is 13.2 Å². The van der Waals surface area contributed by atoms with E-state index in [0.29, 0.717) is 22.5 Å². The number of carbonyl (C=O) groups excluding carboxylic acids is 1. The maximum atomic E-state index is 12.8. The second-order valence-electron chi connectivity index (χ2n) is 5.78.